The summed E-state index contributed by atoms with van der Waals surface area (Å²) in [5, 5.41) is 1.37. The summed E-state index contributed by atoms with van der Waals surface area (Å²) in [7, 11) is 4.17. The predicted octanol–water partition coefficient (Wildman–Crippen LogP) is 5.19. The minimum absolute atomic E-state index is 1.21. The van der Waals surface area contributed by atoms with Gasteiger partial charge in [0.05, 0.1) is 0 Å². The van der Waals surface area contributed by atoms with Crippen LogP contribution in [0.15, 0.2) is 30.3 Å². The van der Waals surface area contributed by atoms with Crippen LogP contribution in [0.25, 0.3) is 10.1 Å². The second-order valence-corrected chi connectivity index (χ2v) is 5.49. The Morgan fingerprint density at radius 3 is 2.17 bits per heavy atom. The van der Waals surface area contributed by atoms with Crippen molar-refractivity contribution in [1.29, 1.82) is 0 Å². The number of rotatable bonds is 2. The summed E-state index contributed by atoms with van der Waals surface area (Å²) in [6.07, 6.45) is 1.26. The summed E-state index contributed by atoms with van der Waals surface area (Å²) in [6.45, 7) is 9.53. The van der Waals surface area contributed by atoms with Crippen molar-refractivity contribution in [3.05, 3.63) is 35.2 Å². The third-order valence-electron chi connectivity index (χ3n) is 2.22. The normalized spacial score (nSPS) is 9.50. The molecule has 0 radical (unpaired) electrons. The van der Waals surface area contributed by atoms with Gasteiger partial charge >= 0.3 is 0 Å². The molecular weight excluding hydrogens is 238 g/mol. The Kier molecular flexibility index (Phi) is 9.62. The molecule has 0 spiro atoms. The molecule has 0 saturated carbocycles. The van der Waals surface area contributed by atoms with Crippen LogP contribution in [0.4, 0.5) is 0 Å². The van der Waals surface area contributed by atoms with E-state index in [4.69, 9.17) is 0 Å². The van der Waals surface area contributed by atoms with Gasteiger partial charge < -0.3 is 4.90 Å². The molecule has 2 heteroatoms. The molecule has 0 aliphatic heterocycles. The Morgan fingerprint density at radius 2 is 1.72 bits per heavy atom. The number of hydrogen-bond acceptors (Lipinski definition) is 2. The van der Waals surface area contributed by atoms with Gasteiger partial charge in [0.1, 0.15) is 0 Å². The summed E-state index contributed by atoms with van der Waals surface area (Å²) in [5.41, 5.74) is 0. The smallest absolute Gasteiger partial charge is 0.0345 e. The fraction of sp³-hybridized carbons (Fsp3) is 0.500. The van der Waals surface area contributed by atoms with Crippen LogP contribution in [0.2, 0.25) is 0 Å². The van der Waals surface area contributed by atoms with Crippen LogP contribution in [0, 0.1) is 6.92 Å². The summed E-state index contributed by atoms with van der Waals surface area (Å²) < 4.78 is 1.39. The van der Waals surface area contributed by atoms with E-state index in [1.807, 2.05) is 25.2 Å². The first-order valence-corrected chi connectivity index (χ1v) is 7.55. The topological polar surface area (TPSA) is 3.24 Å². The Balaban J connectivity index is 0.000000315. The summed E-state index contributed by atoms with van der Waals surface area (Å²) >= 11 is 1.85. The van der Waals surface area contributed by atoms with E-state index in [0.29, 0.717) is 0 Å². The van der Waals surface area contributed by atoms with Crippen molar-refractivity contribution in [3.8, 4) is 0 Å². The van der Waals surface area contributed by atoms with Gasteiger partial charge in [-0.15, -0.1) is 11.3 Å². The van der Waals surface area contributed by atoms with Gasteiger partial charge in [0.15, 0.2) is 0 Å². The molecule has 0 aliphatic rings. The van der Waals surface area contributed by atoms with Gasteiger partial charge in [-0.3, -0.25) is 0 Å². The highest BCUT2D eigenvalue weighted by Gasteiger charge is 1.93. The van der Waals surface area contributed by atoms with Crippen LogP contribution in [0.5, 0.6) is 0 Å². The maximum absolute atomic E-state index is 2.22. The van der Waals surface area contributed by atoms with Gasteiger partial charge in [0, 0.05) is 9.58 Å². The summed E-state index contributed by atoms with van der Waals surface area (Å²) in [6, 6.07) is 10.7. The van der Waals surface area contributed by atoms with Gasteiger partial charge in [-0.25, -0.2) is 0 Å². The second kappa shape index (κ2) is 10.1. The first-order chi connectivity index (χ1) is 8.63. The predicted molar refractivity (Wildman–Crippen MR) is 86.8 cm³/mol. The third kappa shape index (κ3) is 6.77. The fourth-order valence-corrected chi connectivity index (χ4v) is 2.49. The Labute approximate surface area is 116 Å². The quantitative estimate of drug-likeness (QED) is 0.722. The highest BCUT2D eigenvalue weighted by Crippen LogP contribution is 2.23. The lowest BCUT2D eigenvalue weighted by Gasteiger charge is -2.03. The van der Waals surface area contributed by atoms with E-state index >= 15 is 0 Å². The van der Waals surface area contributed by atoms with Crippen molar-refractivity contribution in [3.63, 3.8) is 0 Å². The molecular formula is C16H27NS. The SMILES string of the molecule is CC.CCCN(C)C.Cc1cc2ccccc2s1. The number of benzene rings is 1. The second-order valence-electron chi connectivity index (χ2n) is 4.20. The Bertz CT molecular complexity index is 385. The van der Waals surface area contributed by atoms with E-state index in [1.165, 1.54) is 27.9 Å². The maximum Gasteiger partial charge on any atom is 0.0345 e. The average molecular weight is 265 g/mol. The molecule has 0 atom stereocenters. The zero-order valence-electron chi connectivity index (χ0n) is 12.7. The number of thiophene rings is 1. The molecule has 1 heterocycles. The third-order valence-corrected chi connectivity index (χ3v) is 3.25. The molecule has 18 heavy (non-hydrogen) atoms. The van der Waals surface area contributed by atoms with E-state index < -0.39 is 0 Å². The highest BCUT2D eigenvalue weighted by molar-refractivity contribution is 7.19. The molecule has 102 valence electrons. The molecule has 0 N–H and O–H groups in total. The number of fused-ring (bicyclic) bond motifs is 1. The minimum Gasteiger partial charge on any atom is -0.309 e. The van der Waals surface area contributed by atoms with E-state index in [2.05, 4.69) is 63.2 Å². The molecule has 0 unspecified atom stereocenters. The molecule has 0 bridgehead atoms. The van der Waals surface area contributed by atoms with E-state index in [1.54, 1.807) is 0 Å². The number of nitrogens with zero attached hydrogens (tertiary/aromatic N) is 1. The summed E-state index contributed by atoms with van der Waals surface area (Å²) in [5.74, 6) is 0. The average Bonchev–Trinajstić information content (AvgIpc) is 2.72. The minimum atomic E-state index is 1.21. The molecule has 1 aromatic heterocycles. The van der Waals surface area contributed by atoms with E-state index in [9.17, 15) is 0 Å². The van der Waals surface area contributed by atoms with Crippen molar-refractivity contribution in [2.45, 2.75) is 34.1 Å². The maximum atomic E-state index is 2.22. The fourth-order valence-electron chi connectivity index (χ4n) is 1.56. The Morgan fingerprint density at radius 1 is 1.11 bits per heavy atom. The van der Waals surface area contributed by atoms with Crippen LogP contribution in [-0.4, -0.2) is 25.5 Å². The molecule has 1 nitrogen and oxygen atoms in total. The van der Waals surface area contributed by atoms with Crippen LogP contribution in [0.3, 0.4) is 0 Å². The largest absolute Gasteiger partial charge is 0.309 e. The molecule has 2 rings (SSSR count). The zero-order valence-corrected chi connectivity index (χ0v) is 13.5. The lowest BCUT2D eigenvalue weighted by Crippen LogP contribution is -2.11. The van der Waals surface area contributed by atoms with Gasteiger partial charge in [-0.05, 0) is 51.5 Å². The van der Waals surface area contributed by atoms with Crippen molar-refractivity contribution >= 4 is 21.4 Å². The van der Waals surface area contributed by atoms with Crippen LogP contribution in [-0.2, 0) is 0 Å². The van der Waals surface area contributed by atoms with Gasteiger partial charge in [0.25, 0.3) is 0 Å². The van der Waals surface area contributed by atoms with Crippen molar-refractivity contribution in [2.75, 3.05) is 20.6 Å². The van der Waals surface area contributed by atoms with E-state index in [-0.39, 0.29) is 0 Å². The molecule has 1 aromatic carbocycles. The van der Waals surface area contributed by atoms with Gasteiger partial charge in [0.2, 0.25) is 0 Å². The van der Waals surface area contributed by atoms with Crippen molar-refractivity contribution in [1.82, 2.24) is 4.90 Å². The number of aryl methyl sites for hydroxylation is 1. The van der Waals surface area contributed by atoms with Crippen LogP contribution < -0.4 is 0 Å². The first kappa shape index (κ1) is 17.1. The van der Waals surface area contributed by atoms with Crippen molar-refractivity contribution in [2.24, 2.45) is 0 Å². The van der Waals surface area contributed by atoms with Crippen molar-refractivity contribution < 1.29 is 0 Å². The van der Waals surface area contributed by atoms with Gasteiger partial charge in [-0.2, -0.15) is 0 Å². The lowest BCUT2D eigenvalue weighted by molar-refractivity contribution is 0.408. The Hall–Kier alpha value is -0.860. The monoisotopic (exact) mass is 265 g/mol. The van der Waals surface area contributed by atoms with Crippen LogP contribution >= 0.6 is 11.3 Å². The van der Waals surface area contributed by atoms with Gasteiger partial charge in [-0.1, -0.05) is 39.0 Å². The van der Waals surface area contributed by atoms with E-state index in [0.717, 1.165) is 0 Å². The molecule has 0 saturated heterocycles. The molecule has 0 amide bonds. The highest BCUT2D eigenvalue weighted by atomic mass is 32.1. The first-order valence-electron chi connectivity index (χ1n) is 6.73. The molecule has 2 aromatic rings. The molecule has 0 aliphatic carbocycles. The molecule has 0 fully saturated rings. The number of hydrogen-bond donors (Lipinski definition) is 0. The van der Waals surface area contributed by atoms with Crippen LogP contribution in [0.1, 0.15) is 32.1 Å². The summed E-state index contributed by atoms with van der Waals surface area (Å²) in [4.78, 5) is 3.57. The standard InChI is InChI=1S/C9H8S.C5H13N.C2H6/c1-7-6-8-4-2-3-5-9(8)10-7;1-4-5-6(2)3;1-2/h2-6H,1H3;4-5H2,1-3H3;1-2H3. The zero-order chi connectivity index (χ0) is 14.0. The lowest BCUT2D eigenvalue weighted by atomic mass is 10.2.